The van der Waals surface area contributed by atoms with Crippen LogP contribution >= 0.6 is 0 Å². The molecule has 27 heavy (non-hydrogen) atoms. The fourth-order valence-corrected chi connectivity index (χ4v) is 5.59. The maximum absolute atomic E-state index is 12.9. The first-order valence-corrected chi connectivity index (χ1v) is 10.8. The second kappa shape index (κ2) is 7.63. The van der Waals surface area contributed by atoms with Gasteiger partial charge in [0.15, 0.2) is 0 Å². The van der Waals surface area contributed by atoms with E-state index in [0.717, 1.165) is 19.3 Å². The molecule has 1 N–H and O–H groups in total. The number of carboxylic acid groups (broad SMARTS) is 1. The summed E-state index contributed by atoms with van der Waals surface area (Å²) in [5, 5.41) is 9.23. The van der Waals surface area contributed by atoms with Gasteiger partial charge < -0.3 is 14.6 Å². The summed E-state index contributed by atoms with van der Waals surface area (Å²) >= 11 is 0. The molecule has 0 bridgehead atoms. The van der Waals surface area contributed by atoms with Crippen molar-refractivity contribution in [2.75, 3.05) is 26.2 Å². The molecule has 1 aromatic heterocycles. The van der Waals surface area contributed by atoms with Crippen LogP contribution in [0.25, 0.3) is 0 Å². The quantitative estimate of drug-likeness (QED) is 0.827. The molecule has 1 amide bonds. The third kappa shape index (κ3) is 3.89. The van der Waals surface area contributed by atoms with Gasteiger partial charge in [-0.15, -0.1) is 0 Å². The van der Waals surface area contributed by atoms with Gasteiger partial charge in [-0.25, -0.2) is 8.42 Å². The second-order valence-electron chi connectivity index (χ2n) is 7.60. The summed E-state index contributed by atoms with van der Waals surface area (Å²) in [6.45, 7) is 3.58. The predicted octanol–water partition coefficient (Wildman–Crippen LogP) is 1.38. The first-order chi connectivity index (χ1) is 12.7. The summed E-state index contributed by atoms with van der Waals surface area (Å²) in [7, 11) is -1.93. The van der Waals surface area contributed by atoms with Gasteiger partial charge in [-0.2, -0.15) is 4.31 Å². The van der Waals surface area contributed by atoms with E-state index in [9.17, 15) is 23.1 Å². The van der Waals surface area contributed by atoms with Crippen LogP contribution in [0.3, 0.4) is 0 Å². The smallest absolute Gasteiger partial charge is 0.306 e. The number of piperidine rings is 2. The summed E-state index contributed by atoms with van der Waals surface area (Å²) < 4.78 is 28.7. The maximum atomic E-state index is 12.9. The number of hydrogen-bond acceptors (Lipinski definition) is 4. The lowest BCUT2D eigenvalue weighted by atomic mass is 9.87. The van der Waals surface area contributed by atoms with E-state index in [2.05, 4.69) is 0 Å². The number of carbonyl (C=O) groups is 2. The summed E-state index contributed by atoms with van der Waals surface area (Å²) in [5.74, 6) is -1.67. The minimum absolute atomic E-state index is 0.142. The molecule has 3 heterocycles. The van der Waals surface area contributed by atoms with Crippen LogP contribution in [0, 0.1) is 11.8 Å². The van der Waals surface area contributed by atoms with Gasteiger partial charge in [0.25, 0.3) is 5.91 Å². The lowest BCUT2D eigenvalue weighted by molar-refractivity contribution is -0.145. The topological polar surface area (TPSA) is 99.9 Å². The molecule has 0 saturated carbocycles. The van der Waals surface area contributed by atoms with E-state index >= 15 is 0 Å². The van der Waals surface area contributed by atoms with Crippen LogP contribution in [0.15, 0.2) is 17.2 Å². The molecule has 1 aromatic rings. The number of likely N-dealkylation sites (tertiary alicyclic amines) is 1. The van der Waals surface area contributed by atoms with Crippen molar-refractivity contribution in [3.05, 3.63) is 18.0 Å². The summed E-state index contributed by atoms with van der Waals surface area (Å²) in [4.78, 5) is 25.9. The molecule has 2 unspecified atom stereocenters. The monoisotopic (exact) mass is 397 g/mol. The molecule has 2 aliphatic rings. The third-order valence-electron chi connectivity index (χ3n) is 5.66. The largest absolute Gasteiger partial charge is 0.481 e. The predicted molar refractivity (Wildman–Crippen MR) is 98.8 cm³/mol. The molecule has 150 valence electrons. The second-order valence-corrected chi connectivity index (χ2v) is 9.54. The van der Waals surface area contributed by atoms with Gasteiger partial charge in [0, 0.05) is 39.4 Å². The molecule has 0 spiro atoms. The van der Waals surface area contributed by atoms with E-state index in [0.29, 0.717) is 38.3 Å². The zero-order chi connectivity index (χ0) is 19.8. The van der Waals surface area contributed by atoms with Crippen molar-refractivity contribution in [1.29, 1.82) is 0 Å². The Labute approximate surface area is 159 Å². The van der Waals surface area contributed by atoms with Crippen molar-refractivity contribution in [1.82, 2.24) is 13.8 Å². The van der Waals surface area contributed by atoms with Crippen LogP contribution in [0.1, 0.15) is 43.1 Å². The number of aryl methyl sites for hydroxylation is 1. The zero-order valence-electron chi connectivity index (χ0n) is 15.8. The van der Waals surface area contributed by atoms with Crippen LogP contribution < -0.4 is 0 Å². The summed E-state index contributed by atoms with van der Waals surface area (Å²) in [6, 6.07) is 1.44. The molecule has 2 fully saturated rings. The molecule has 3 rings (SSSR count). The molecule has 0 radical (unpaired) electrons. The zero-order valence-corrected chi connectivity index (χ0v) is 16.6. The number of aromatic nitrogens is 1. The first-order valence-electron chi connectivity index (χ1n) is 9.40. The molecule has 0 aromatic carbocycles. The summed E-state index contributed by atoms with van der Waals surface area (Å²) in [6.07, 6.45) is 4.65. The van der Waals surface area contributed by atoms with Crippen LogP contribution in [0.2, 0.25) is 0 Å². The molecule has 9 heteroatoms. The minimum atomic E-state index is -3.59. The van der Waals surface area contributed by atoms with Crippen molar-refractivity contribution >= 4 is 21.9 Å². The van der Waals surface area contributed by atoms with Gasteiger partial charge in [0.05, 0.1) is 5.92 Å². The molecular weight excluding hydrogens is 370 g/mol. The van der Waals surface area contributed by atoms with Crippen molar-refractivity contribution in [2.45, 2.75) is 37.5 Å². The van der Waals surface area contributed by atoms with Crippen molar-refractivity contribution in [3.63, 3.8) is 0 Å². The summed E-state index contributed by atoms with van der Waals surface area (Å²) in [5.41, 5.74) is 0.312. The Morgan fingerprint density at radius 1 is 1.15 bits per heavy atom. The van der Waals surface area contributed by atoms with E-state index in [1.165, 1.54) is 16.6 Å². The number of sulfonamides is 1. The van der Waals surface area contributed by atoms with Crippen molar-refractivity contribution in [3.8, 4) is 0 Å². The average Bonchev–Trinajstić information content (AvgIpc) is 3.04. The maximum Gasteiger partial charge on any atom is 0.306 e. The van der Waals surface area contributed by atoms with Gasteiger partial charge in [-0.3, -0.25) is 9.59 Å². The average molecular weight is 397 g/mol. The number of rotatable bonds is 4. The van der Waals surface area contributed by atoms with Crippen LogP contribution in [-0.4, -0.2) is 65.4 Å². The number of carbonyl (C=O) groups excluding carboxylic acids is 1. The fraction of sp³-hybridized carbons (Fsp3) is 0.667. The SMILES string of the molecule is CC1CN(C(=O)c2cc(S(=O)(=O)N3CCCCC3)cn2C)CCC1C(=O)O. The van der Waals surface area contributed by atoms with E-state index in [1.54, 1.807) is 16.5 Å². The Hall–Kier alpha value is -1.87. The fourth-order valence-electron chi connectivity index (χ4n) is 4.00. The van der Waals surface area contributed by atoms with Gasteiger partial charge in [-0.1, -0.05) is 13.3 Å². The highest BCUT2D eigenvalue weighted by Crippen LogP contribution is 2.26. The van der Waals surface area contributed by atoms with Crippen LogP contribution in [-0.2, 0) is 21.9 Å². The number of nitrogens with zero attached hydrogens (tertiary/aromatic N) is 3. The standard InChI is InChI=1S/C18H27N3O5S/c1-13-11-20(9-6-15(13)18(23)24)17(22)16-10-14(12-19(16)2)27(25,26)21-7-4-3-5-8-21/h10,12-13,15H,3-9,11H2,1-2H3,(H,23,24). The Bertz CT molecular complexity index is 826. The van der Waals surface area contributed by atoms with E-state index < -0.39 is 21.9 Å². The first kappa shape index (κ1) is 19.9. The third-order valence-corrected chi connectivity index (χ3v) is 7.53. The van der Waals surface area contributed by atoms with Gasteiger partial charge in [0.2, 0.25) is 10.0 Å². The van der Waals surface area contributed by atoms with Gasteiger partial charge >= 0.3 is 5.97 Å². The highest BCUT2D eigenvalue weighted by molar-refractivity contribution is 7.89. The van der Waals surface area contributed by atoms with Crippen molar-refractivity contribution in [2.24, 2.45) is 18.9 Å². The lowest BCUT2D eigenvalue weighted by Gasteiger charge is -2.34. The van der Waals surface area contributed by atoms with Crippen LogP contribution in [0.5, 0.6) is 0 Å². The Kier molecular flexibility index (Phi) is 5.62. The molecule has 0 aliphatic carbocycles. The Balaban J connectivity index is 1.78. The molecular formula is C18H27N3O5S. The van der Waals surface area contributed by atoms with E-state index in [-0.39, 0.29) is 16.7 Å². The Morgan fingerprint density at radius 3 is 2.41 bits per heavy atom. The number of aliphatic carboxylic acids is 1. The highest BCUT2D eigenvalue weighted by atomic mass is 32.2. The molecule has 2 aliphatic heterocycles. The minimum Gasteiger partial charge on any atom is -0.481 e. The number of amides is 1. The molecule has 8 nitrogen and oxygen atoms in total. The van der Waals surface area contributed by atoms with Crippen molar-refractivity contribution < 1.29 is 23.1 Å². The number of hydrogen-bond donors (Lipinski definition) is 1. The lowest BCUT2D eigenvalue weighted by Crippen LogP contribution is -2.45. The number of carboxylic acids is 1. The molecule has 2 atom stereocenters. The van der Waals surface area contributed by atoms with Gasteiger partial charge in [-0.05, 0) is 31.2 Å². The normalized spacial score (nSPS) is 24.7. The van der Waals surface area contributed by atoms with E-state index in [4.69, 9.17) is 0 Å². The highest BCUT2D eigenvalue weighted by Gasteiger charge is 2.35. The van der Waals surface area contributed by atoms with E-state index in [1.807, 2.05) is 6.92 Å². The van der Waals surface area contributed by atoms with Crippen LogP contribution in [0.4, 0.5) is 0 Å². The van der Waals surface area contributed by atoms with Gasteiger partial charge in [0.1, 0.15) is 10.6 Å². The molecule has 2 saturated heterocycles. The Morgan fingerprint density at radius 2 is 1.81 bits per heavy atom.